The third-order valence-corrected chi connectivity index (χ3v) is 3.54. The van der Waals surface area contributed by atoms with Gasteiger partial charge in [0.15, 0.2) is 0 Å². The van der Waals surface area contributed by atoms with Crippen LogP contribution in [0.3, 0.4) is 0 Å². The Morgan fingerprint density at radius 1 is 1.40 bits per heavy atom. The van der Waals surface area contributed by atoms with Gasteiger partial charge in [0.2, 0.25) is 0 Å². The fraction of sp³-hybridized carbons (Fsp3) is 0.667. The van der Waals surface area contributed by atoms with Crippen LogP contribution < -0.4 is 10.5 Å². The Morgan fingerprint density at radius 2 is 2.13 bits per heavy atom. The molecule has 0 aliphatic carbocycles. The van der Waals surface area contributed by atoms with Crippen molar-refractivity contribution < 1.29 is 4.74 Å². The Bertz CT molecular complexity index is 283. The van der Waals surface area contributed by atoms with Crippen molar-refractivity contribution in [2.24, 2.45) is 11.7 Å². The zero-order valence-corrected chi connectivity index (χ0v) is 10.6. The Labute approximate surface area is 96.4 Å². The van der Waals surface area contributed by atoms with Gasteiger partial charge in [-0.25, -0.2) is 0 Å². The third-order valence-electron chi connectivity index (χ3n) is 2.49. The molecular formula is C12H21NOS. The second kappa shape index (κ2) is 6.13. The first-order chi connectivity index (χ1) is 7.13. The monoisotopic (exact) mass is 227 g/mol. The van der Waals surface area contributed by atoms with E-state index >= 15 is 0 Å². The highest BCUT2D eigenvalue weighted by molar-refractivity contribution is 7.10. The van der Waals surface area contributed by atoms with Crippen molar-refractivity contribution in [1.29, 1.82) is 0 Å². The summed E-state index contributed by atoms with van der Waals surface area (Å²) >= 11 is 1.69. The largest absolute Gasteiger partial charge is 0.496 e. The predicted molar refractivity (Wildman–Crippen MR) is 66.5 cm³/mol. The van der Waals surface area contributed by atoms with Crippen LogP contribution in [0.15, 0.2) is 11.4 Å². The maximum Gasteiger partial charge on any atom is 0.129 e. The Morgan fingerprint density at radius 3 is 2.67 bits per heavy atom. The smallest absolute Gasteiger partial charge is 0.129 e. The summed E-state index contributed by atoms with van der Waals surface area (Å²) in [6.07, 6.45) is 3.54. The van der Waals surface area contributed by atoms with E-state index in [2.05, 4.69) is 13.8 Å². The van der Waals surface area contributed by atoms with Crippen LogP contribution in [0, 0.1) is 5.92 Å². The number of hydrogen-bond acceptors (Lipinski definition) is 3. The van der Waals surface area contributed by atoms with Gasteiger partial charge in [-0.3, -0.25) is 0 Å². The number of rotatable bonds is 6. The number of nitrogens with two attached hydrogens (primary N) is 1. The van der Waals surface area contributed by atoms with Crippen molar-refractivity contribution in [2.45, 2.75) is 39.2 Å². The van der Waals surface area contributed by atoms with Gasteiger partial charge < -0.3 is 10.5 Å². The minimum Gasteiger partial charge on any atom is -0.496 e. The van der Waals surface area contributed by atoms with E-state index in [0.717, 1.165) is 18.1 Å². The minimum absolute atomic E-state index is 0.178. The molecule has 1 atom stereocenters. The molecule has 0 radical (unpaired) electrons. The quantitative estimate of drug-likeness (QED) is 0.806. The SMILES string of the molecule is COc1csc(C(N)CCCC(C)C)c1. The Balaban J connectivity index is 2.36. The summed E-state index contributed by atoms with van der Waals surface area (Å²) in [7, 11) is 1.69. The fourth-order valence-corrected chi connectivity index (χ4v) is 2.42. The van der Waals surface area contributed by atoms with Crippen LogP contribution in [0.5, 0.6) is 5.75 Å². The van der Waals surface area contributed by atoms with Gasteiger partial charge in [-0.1, -0.05) is 26.7 Å². The molecule has 1 rings (SSSR count). The molecule has 0 saturated heterocycles. The van der Waals surface area contributed by atoms with E-state index in [1.807, 2.05) is 11.4 Å². The molecule has 0 amide bonds. The van der Waals surface area contributed by atoms with Gasteiger partial charge in [-0.15, -0.1) is 11.3 Å². The number of thiophene rings is 1. The summed E-state index contributed by atoms with van der Waals surface area (Å²) < 4.78 is 5.14. The first-order valence-corrected chi connectivity index (χ1v) is 6.39. The molecule has 1 unspecified atom stereocenters. The van der Waals surface area contributed by atoms with Gasteiger partial charge in [-0.05, 0) is 18.4 Å². The molecule has 1 aromatic rings. The van der Waals surface area contributed by atoms with Crippen molar-refractivity contribution in [3.05, 3.63) is 16.3 Å². The van der Waals surface area contributed by atoms with Gasteiger partial charge in [0.1, 0.15) is 5.75 Å². The minimum atomic E-state index is 0.178. The zero-order chi connectivity index (χ0) is 11.3. The topological polar surface area (TPSA) is 35.2 Å². The maximum absolute atomic E-state index is 6.10. The summed E-state index contributed by atoms with van der Waals surface area (Å²) in [5, 5.41) is 2.01. The number of methoxy groups -OCH3 is 1. The van der Waals surface area contributed by atoms with Crippen molar-refractivity contribution in [3.8, 4) is 5.75 Å². The van der Waals surface area contributed by atoms with Gasteiger partial charge in [-0.2, -0.15) is 0 Å². The van der Waals surface area contributed by atoms with Gasteiger partial charge in [0, 0.05) is 16.3 Å². The first-order valence-electron chi connectivity index (χ1n) is 5.51. The van der Waals surface area contributed by atoms with E-state index in [1.165, 1.54) is 17.7 Å². The maximum atomic E-state index is 6.10. The number of ether oxygens (including phenoxy) is 1. The van der Waals surface area contributed by atoms with E-state index < -0.39 is 0 Å². The van der Waals surface area contributed by atoms with Crippen molar-refractivity contribution in [2.75, 3.05) is 7.11 Å². The molecule has 1 aromatic heterocycles. The molecule has 15 heavy (non-hydrogen) atoms. The van der Waals surface area contributed by atoms with Gasteiger partial charge >= 0.3 is 0 Å². The molecule has 2 N–H and O–H groups in total. The molecule has 0 fully saturated rings. The van der Waals surface area contributed by atoms with Gasteiger partial charge in [0.25, 0.3) is 0 Å². The lowest BCUT2D eigenvalue weighted by Crippen LogP contribution is -2.08. The Hall–Kier alpha value is -0.540. The molecule has 0 aliphatic heterocycles. The second-order valence-corrected chi connectivity index (χ2v) is 5.26. The highest BCUT2D eigenvalue weighted by Gasteiger charge is 2.09. The summed E-state index contributed by atoms with van der Waals surface area (Å²) in [5.41, 5.74) is 6.10. The molecular weight excluding hydrogens is 206 g/mol. The Kier molecular flexibility index (Phi) is 5.12. The lowest BCUT2D eigenvalue weighted by molar-refractivity contribution is 0.416. The van der Waals surface area contributed by atoms with Crippen LogP contribution in [0.2, 0.25) is 0 Å². The summed E-state index contributed by atoms with van der Waals surface area (Å²) in [5.74, 6) is 1.70. The molecule has 1 heterocycles. The lowest BCUT2D eigenvalue weighted by atomic mass is 10.0. The van der Waals surface area contributed by atoms with Crippen molar-refractivity contribution >= 4 is 11.3 Å². The van der Waals surface area contributed by atoms with E-state index in [4.69, 9.17) is 10.5 Å². The predicted octanol–water partition coefficient (Wildman–Crippen LogP) is 3.58. The van der Waals surface area contributed by atoms with E-state index in [0.29, 0.717) is 0 Å². The summed E-state index contributed by atoms with van der Waals surface area (Å²) in [6.45, 7) is 4.50. The zero-order valence-electron chi connectivity index (χ0n) is 9.82. The lowest BCUT2D eigenvalue weighted by Gasteiger charge is -2.10. The van der Waals surface area contributed by atoms with E-state index in [9.17, 15) is 0 Å². The van der Waals surface area contributed by atoms with Crippen LogP contribution in [-0.4, -0.2) is 7.11 Å². The molecule has 86 valence electrons. The molecule has 0 aromatic carbocycles. The van der Waals surface area contributed by atoms with Crippen LogP contribution in [0.4, 0.5) is 0 Å². The normalized spacial score (nSPS) is 13.1. The van der Waals surface area contributed by atoms with Crippen LogP contribution in [0.1, 0.15) is 44.0 Å². The average molecular weight is 227 g/mol. The standard InChI is InChI=1S/C12H21NOS/c1-9(2)5-4-6-11(13)12-7-10(14-3)8-15-12/h7-9,11H,4-6,13H2,1-3H3. The van der Waals surface area contributed by atoms with E-state index in [-0.39, 0.29) is 6.04 Å². The highest BCUT2D eigenvalue weighted by atomic mass is 32.1. The molecule has 2 nitrogen and oxygen atoms in total. The fourth-order valence-electron chi connectivity index (χ4n) is 1.52. The first kappa shape index (κ1) is 12.5. The van der Waals surface area contributed by atoms with Crippen molar-refractivity contribution in [3.63, 3.8) is 0 Å². The summed E-state index contributed by atoms with van der Waals surface area (Å²) in [6, 6.07) is 2.22. The molecule has 3 heteroatoms. The van der Waals surface area contributed by atoms with Crippen LogP contribution in [0.25, 0.3) is 0 Å². The molecule has 0 saturated carbocycles. The third kappa shape index (κ3) is 4.22. The average Bonchev–Trinajstić information content (AvgIpc) is 2.65. The molecule has 0 aliphatic rings. The summed E-state index contributed by atoms with van der Waals surface area (Å²) in [4.78, 5) is 1.23. The second-order valence-electron chi connectivity index (χ2n) is 4.32. The van der Waals surface area contributed by atoms with Crippen LogP contribution >= 0.6 is 11.3 Å². The van der Waals surface area contributed by atoms with E-state index in [1.54, 1.807) is 18.4 Å². The number of hydrogen-bond donors (Lipinski definition) is 1. The molecule has 0 bridgehead atoms. The van der Waals surface area contributed by atoms with Crippen LogP contribution in [-0.2, 0) is 0 Å². The highest BCUT2D eigenvalue weighted by Crippen LogP contribution is 2.28. The molecule has 0 spiro atoms. The van der Waals surface area contributed by atoms with Gasteiger partial charge in [0.05, 0.1) is 7.11 Å². The van der Waals surface area contributed by atoms with Crippen molar-refractivity contribution in [1.82, 2.24) is 0 Å².